The highest BCUT2D eigenvalue weighted by Gasteiger charge is 2.40. The average molecular weight is 445 g/mol. The summed E-state index contributed by atoms with van der Waals surface area (Å²) in [7, 11) is 0. The van der Waals surface area contributed by atoms with Crippen molar-refractivity contribution in [3.05, 3.63) is 45.6 Å². The normalized spacial score (nSPS) is 16.2. The highest BCUT2D eigenvalue weighted by Crippen LogP contribution is 2.46. The Morgan fingerprint density at radius 1 is 1.21 bits per heavy atom. The lowest BCUT2D eigenvalue weighted by Gasteiger charge is -2.27. The van der Waals surface area contributed by atoms with Gasteiger partial charge in [0.1, 0.15) is 5.75 Å². The van der Waals surface area contributed by atoms with Gasteiger partial charge in [-0.1, -0.05) is 33.8 Å². The van der Waals surface area contributed by atoms with Crippen molar-refractivity contribution < 1.29 is 9.53 Å². The van der Waals surface area contributed by atoms with Gasteiger partial charge < -0.3 is 9.64 Å². The minimum atomic E-state index is -0.257. The maximum atomic E-state index is 13.1. The first-order chi connectivity index (χ1) is 13.3. The van der Waals surface area contributed by atoms with Crippen molar-refractivity contribution in [3.8, 4) is 11.6 Å². The van der Waals surface area contributed by atoms with Crippen LogP contribution in [0.2, 0.25) is 0 Å². The van der Waals surface area contributed by atoms with Crippen molar-refractivity contribution in [2.75, 3.05) is 4.90 Å². The summed E-state index contributed by atoms with van der Waals surface area (Å²) < 4.78 is 7.14. The monoisotopic (exact) mass is 444 g/mol. The molecule has 2 aromatic rings. The molecule has 0 N–H and O–H groups in total. The van der Waals surface area contributed by atoms with E-state index in [1.807, 2.05) is 30.9 Å². The minimum Gasteiger partial charge on any atom is -0.437 e. The van der Waals surface area contributed by atoms with Crippen LogP contribution in [-0.4, -0.2) is 16.9 Å². The molecule has 1 amide bonds. The molecule has 0 aliphatic carbocycles. The quantitative estimate of drug-likeness (QED) is 0.497. The summed E-state index contributed by atoms with van der Waals surface area (Å²) in [5, 5.41) is 0. The molecule has 150 valence electrons. The fraction of sp³-hybridized carbons (Fsp3) is 0.478. The molecule has 0 radical (unpaired) electrons. The fourth-order valence-electron chi connectivity index (χ4n) is 3.87. The van der Waals surface area contributed by atoms with Gasteiger partial charge in [-0.3, -0.25) is 4.79 Å². The summed E-state index contributed by atoms with van der Waals surface area (Å²) in [5.74, 6) is 1.56. The molecule has 1 unspecified atom stereocenters. The Balaban J connectivity index is 2.06. The van der Waals surface area contributed by atoms with Gasteiger partial charge in [0.2, 0.25) is 11.8 Å². The molecule has 0 saturated carbocycles. The number of anilines is 1. The van der Waals surface area contributed by atoms with Gasteiger partial charge in [0.15, 0.2) is 0 Å². The van der Waals surface area contributed by atoms with Crippen molar-refractivity contribution in [2.45, 2.75) is 72.3 Å². The number of halogens is 1. The Morgan fingerprint density at radius 3 is 2.46 bits per heavy atom. The zero-order valence-corrected chi connectivity index (χ0v) is 19.1. The first kappa shape index (κ1) is 20.8. The Kier molecular flexibility index (Phi) is 6.13. The first-order valence-corrected chi connectivity index (χ1v) is 10.9. The highest BCUT2D eigenvalue weighted by atomic mass is 79.9. The SMILES string of the molecule is CCC(CC)N1C(=O)C(C)c2c1cc(C)nc2Oc1ccc(C(C)C)cc1Br. The molecule has 5 heteroatoms. The lowest BCUT2D eigenvalue weighted by molar-refractivity contribution is -0.119. The van der Waals surface area contributed by atoms with Crippen LogP contribution in [0.3, 0.4) is 0 Å². The second-order valence-corrected chi connectivity index (χ2v) is 8.70. The molecule has 2 heterocycles. The summed E-state index contributed by atoms with van der Waals surface area (Å²) >= 11 is 3.63. The Hall–Kier alpha value is -1.88. The number of aryl methyl sites for hydroxylation is 1. The van der Waals surface area contributed by atoms with E-state index >= 15 is 0 Å². The van der Waals surface area contributed by atoms with Crippen molar-refractivity contribution >= 4 is 27.5 Å². The zero-order valence-electron chi connectivity index (χ0n) is 17.5. The number of benzene rings is 1. The molecule has 0 fully saturated rings. The number of hydrogen-bond donors (Lipinski definition) is 0. The van der Waals surface area contributed by atoms with Gasteiger partial charge in [-0.05, 0) is 72.3 Å². The molecule has 28 heavy (non-hydrogen) atoms. The smallest absolute Gasteiger partial charge is 0.234 e. The van der Waals surface area contributed by atoms with Crippen LogP contribution in [-0.2, 0) is 4.79 Å². The number of fused-ring (bicyclic) bond motifs is 1. The van der Waals surface area contributed by atoms with Gasteiger partial charge in [-0.25, -0.2) is 4.98 Å². The molecule has 1 atom stereocenters. The van der Waals surface area contributed by atoms with Gasteiger partial charge in [-0.15, -0.1) is 0 Å². The molecule has 1 aromatic heterocycles. The van der Waals surface area contributed by atoms with Crippen LogP contribution in [0.4, 0.5) is 5.69 Å². The van der Waals surface area contributed by atoms with Gasteiger partial charge in [0.05, 0.1) is 21.6 Å². The van der Waals surface area contributed by atoms with E-state index in [4.69, 9.17) is 4.74 Å². The second-order valence-electron chi connectivity index (χ2n) is 7.85. The van der Waals surface area contributed by atoms with E-state index in [2.05, 4.69) is 60.7 Å². The molecule has 1 aliphatic heterocycles. The molecule has 0 saturated heterocycles. The van der Waals surface area contributed by atoms with Crippen molar-refractivity contribution in [3.63, 3.8) is 0 Å². The van der Waals surface area contributed by atoms with Gasteiger partial charge in [0, 0.05) is 11.7 Å². The Labute approximate surface area is 176 Å². The van der Waals surface area contributed by atoms with E-state index in [-0.39, 0.29) is 17.9 Å². The van der Waals surface area contributed by atoms with E-state index < -0.39 is 0 Å². The van der Waals surface area contributed by atoms with Crippen molar-refractivity contribution in [2.24, 2.45) is 0 Å². The van der Waals surface area contributed by atoms with Gasteiger partial charge >= 0.3 is 0 Å². The van der Waals surface area contributed by atoms with E-state index in [0.29, 0.717) is 17.5 Å². The molecule has 0 spiro atoms. The number of carbonyl (C=O) groups is 1. The topological polar surface area (TPSA) is 42.4 Å². The third kappa shape index (κ3) is 3.69. The third-order valence-electron chi connectivity index (χ3n) is 5.57. The first-order valence-electron chi connectivity index (χ1n) is 10.1. The number of rotatable bonds is 6. The third-order valence-corrected chi connectivity index (χ3v) is 6.19. The summed E-state index contributed by atoms with van der Waals surface area (Å²) in [6, 6.07) is 8.34. The summed E-state index contributed by atoms with van der Waals surface area (Å²) in [4.78, 5) is 19.7. The molecular weight excluding hydrogens is 416 g/mol. The second kappa shape index (κ2) is 8.24. The minimum absolute atomic E-state index is 0.134. The fourth-order valence-corrected chi connectivity index (χ4v) is 4.34. The van der Waals surface area contributed by atoms with Crippen molar-refractivity contribution in [1.29, 1.82) is 0 Å². The number of amides is 1. The number of pyridine rings is 1. The van der Waals surface area contributed by atoms with Crippen LogP contribution in [0.5, 0.6) is 11.6 Å². The molecule has 0 bridgehead atoms. The highest BCUT2D eigenvalue weighted by molar-refractivity contribution is 9.10. The van der Waals surface area contributed by atoms with Crippen LogP contribution in [0.25, 0.3) is 0 Å². The van der Waals surface area contributed by atoms with Crippen LogP contribution in [0.1, 0.15) is 76.1 Å². The predicted molar refractivity (Wildman–Crippen MR) is 118 cm³/mol. The van der Waals surface area contributed by atoms with Gasteiger partial charge in [-0.2, -0.15) is 0 Å². The van der Waals surface area contributed by atoms with Crippen LogP contribution in [0, 0.1) is 6.92 Å². The lowest BCUT2D eigenvalue weighted by Crippen LogP contribution is -2.37. The van der Waals surface area contributed by atoms with E-state index in [1.165, 1.54) is 5.56 Å². The molecule has 1 aromatic carbocycles. The lowest BCUT2D eigenvalue weighted by atomic mass is 10.0. The van der Waals surface area contributed by atoms with E-state index in [9.17, 15) is 4.79 Å². The zero-order chi connectivity index (χ0) is 20.6. The Morgan fingerprint density at radius 2 is 1.89 bits per heavy atom. The van der Waals surface area contributed by atoms with Crippen LogP contribution >= 0.6 is 15.9 Å². The average Bonchev–Trinajstić information content (AvgIpc) is 2.89. The molecule has 1 aliphatic rings. The summed E-state index contributed by atoms with van der Waals surface area (Å²) in [6.45, 7) is 12.5. The largest absolute Gasteiger partial charge is 0.437 e. The van der Waals surface area contributed by atoms with Crippen LogP contribution in [0.15, 0.2) is 28.7 Å². The maximum Gasteiger partial charge on any atom is 0.234 e. The number of nitrogens with zero attached hydrogens (tertiary/aromatic N) is 2. The number of ether oxygens (including phenoxy) is 1. The van der Waals surface area contributed by atoms with Gasteiger partial charge in [0.25, 0.3) is 0 Å². The Bertz CT molecular complexity index is 890. The number of hydrogen-bond acceptors (Lipinski definition) is 3. The number of carbonyl (C=O) groups excluding carboxylic acids is 1. The van der Waals surface area contributed by atoms with Crippen molar-refractivity contribution in [1.82, 2.24) is 4.98 Å². The molecular formula is C23H29BrN2O2. The number of aromatic nitrogens is 1. The molecule has 3 rings (SSSR count). The van der Waals surface area contributed by atoms with Crippen LogP contribution < -0.4 is 9.64 Å². The summed E-state index contributed by atoms with van der Waals surface area (Å²) in [6.07, 6.45) is 1.85. The van der Waals surface area contributed by atoms with E-state index in [1.54, 1.807) is 0 Å². The van der Waals surface area contributed by atoms with E-state index in [0.717, 1.165) is 34.3 Å². The summed E-state index contributed by atoms with van der Waals surface area (Å²) in [5.41, 5.74) is 3.93. The standard InChI is InChI=1S/C23H29BrN2O2/c1-7-17(8-2)26-19-11-14(5)25-22(21(19)15(6)23(26)27)28-20-10-9-16(13(3)4)12-18(20)24/h9-13,15,17H,7-8H2,1-6H3. The maximum absolute atomic E-state index is 13.1. The predicted octanol–water partition coefficient (Wildman–Crippen LogP) is 6.71. The molecule has 4 nitrogen and oxygen atoms in total.